The van der Waals surface area contributed by atoms with Gasteiger partial charge in [0.05, 0.1) is 6.42 Å². The number of hydrogen-bond donors (Lipinski definition) is 2. The Morgan fingerprint density at radius 1 is 1.20 bits per heavy atom. The van der Waals surface area contributed by atoms with E-state index in [-0.39, 0.29) is 18.2 Å². The molecule has 4 heteroatoms. The maximum Gasteiger partial charge on any atom is 0.307 e. The van der Waals surface area contributed by atoms with Crippen molar-refractivity contribution in [3.05, 3.63) is 29.8 Å². The first kappa shape index (κ1) is 16.2. The van der Waals surface area contributed by atoms with E-state index in [1.54, 1.807) is 24.3 Å². The molecule has 0 aliphatic carbocycles. The summed E-state index contributed by atoms with van der Waals surface area (Å²) in [4.78, 5) is 22.8. The summed E-state index contributed by atoms with van der Waals surface area (Å²) < 4.78 is 0. The van der Waals surface area contributed by atoms with E-state index >= 15 is 0 Å². The van der Waals surface area contributed by atoms with Crippen molar-refractivity contribution in [3.63, 3.8) is 0 Å². The Morgan fingerprint density at radius 2 is 1.80 bits per heavy atom. The van der Waals surface area contributed by atoms with Crippen LogP contribution in [0.5, 0.6) is 0 Å². The fourth-order valence-corrected chi connectivity index (χ4v) is 2.19. The molecule has 1 rings (SSSR count). The highest BCUT2D eigenvalue weighted by atomic mass is 16.4. The minimum Gasteiger partial charge on any atom is -0.481 e. The molecule has 0 fully saturated rings. The van der Waals surface area contributed by atoms with E-state index in [0.717, 1.165) is 18.4 Å². The molecule has 0 saturated heterocycles. The number of anilines is 1. The molecule has 1 aromatic carbocycles. The lowest BCUT2D eigenvalue weighted by molar-refractivity contribution is -0.136. The van der Waals surface area contributed by atoms with Crippen molar-refractivity contribution in [2.24, 2.45) is 11.8 Å². The molecule has 20 heavy (non-hydrogen) atoms. The van der Waals surface area contributed by atoms with Crippen LogP contribution >= 0.6 is 0 Å². The van der Waals surface area contributed by atoms with Gasteiger partial charge >= 0.3 is 5.97 Å². The van der Waals surface area contributed by atoms with Gasteiger partial charge in [0.2, 0.25) is 5.91 Å². The zero-order valence-corrected chi connectivity index (χ0v) is 12.3. The topological polar surface area (TPSA) is 66.4 Å². The normalized spacial score (nSPS) is 12.2. The van der Waals surface area contributed by atoms with Gasteiger partial charge in [-0.25, -0.2) is 0 Å². The molecule has 1 unspecified atom stereocenters. The van der Waals surface area contributed by atoms with Crippen LogP contribution in [0.2, 0.25) is 0 Å². The van der Waals surface area contributed by atoms with Crippen molar-refractivity contribution in [1.82, 2.24) is 0 Å². The number of benzene rings is 1. The molecule has 0 aliphatic rings. The first-order valence-electron chi connectivity index (χ1n) is 7.05. The molecule has 1 atom stereocenters. The van der Waals surface area contributed by atoms with Crippen LogP contribution in [0.15, 0.2) is 24.3 Å². The molecule has 1 amide bonds. The second-order valence-electron chi connectivity index (χ2n) is 5.40. The van der Waals surface area contributed by atoms with Crippen LogP contribution in [0.25, 0.3) is 0 Å². The number of carboxylic acid groups (broad SMARTS) is 1. The average Bonchev–Trinajstić information content (AvgIpc) is 2.37. The van der Waals surface area contributed by atoms with E-state index < -0.39 is 5.97 Å². The van der Waals surface area contributed by atoms with Crippen LogP contribution < -0.4 is 5.32 Å². The molecule has 0 aromatic heterocycles. The Kier molecular flexibility index (Phi) is 6.22. The van der Waals surface area contributed by atoms with Crippen molar-refractivity contribution < 1.29 is 14.7 Å². The number of carbonyl (C=O) groups is 2. The van der Waals surface area contributed by atoms with Crippen molar-refractivity contribution in [2.45, 2.75) is 40.0 Å². The van der Waals surface area contributed by atoms with E-state index in [9.17, 15) is 9.59 Å². The zero-order chi connectivity index (χ0) is 15.1. The predicted molar refractivity (Wildman–Crippen MR) is 79.6 cm³/mol. The van der Waals surface area contributed by atoms with Crippen LogP contribution in [0, 0.1) is 11.8 Å². The Hall–Kier alpha value is -1.84. The fraction of sp³-hybridized carbons (Fsp3) is 0.500. The Balaban J connectivity index is 2.67. The van der Waals surface area contributed by atoms with Gasteiger partial charge in [0.1, 0.15) is 0 Å². The molecule has 0 heterocycles. The van der Waals surface area contributed by atoms with Crippen LogP contribution in [-0.2, 0) is 16.0 Å². The molecular weight excluding hydrogens is 254 g/mol. The van der Waals surface area contributed by atoms with Gasteiger partial charge in [-0.3, -0.25) is 9.59 Å². The van der Waals surface area contributed by atoms with Crippen molar-refractivity contribution in [1.29, 1.82) is 0 Å². The zero-order valence-electron chi connectivity index (χ0n) is 12.3. The minimum atomic E-state index is -0.857. The lowest BCUT2D eigenvalue weighted by Gasteiger charge is -2.19. The summed E-state index contributed by atoms with van der Waals surface area (Å²) in [6.45, 7) is 6.18. The van der Waals surface area contributed by atoms with E-state index in [0.29, 0.717) is 11.6 Å². The van der Waals surface area contributed by atoms with Gasteiger partial charge in [0, 0.05) is 11.6 Å². The van der Waals surface area contributed by atoms with Crippen molar-refractivity contribution in [3.8, 4) is 0 Å². The van der Waals surface area contributed by atoms with E-state index in [1.807, 2.05) is 0 Å². The number of carbonyl (C=O) groups excluding carboxylic acids is 1. The van der Waals surface area contributed by atoms with E-state index in [4.69, 9.17) is 5.11 Å². The highest BCUT2D eigenvalue weighted by molar-refractivity contribution is 5.92. The SMILES string of the molecule is CCCC(C(=O)Nc1ccc(CC(=O)O)cc1)C(C)C. The smallest absolute Gasteiger partial charge is 0.307 e. The average molecular weight is 277 g/mol. The van der Waals surface area contributed by atoms with Gasteiger partial charge in [-0.1, -0.05) is 39.3 Å². The number of aliphatic carboxylic acids is 1. The molecule has 0 aliphatic heterocycles. The second-order valence-corrected chi connectivity index (χ2v) is 5.40. The van der Waals surface area contributed by atoms with E-state index in [2.05, 4.69) is 26.1 Å². The first-order chi connectivity index (χ1) is 9.43. The summed E-state index contributed by atoms with van der Waals surface area (Å²) in [6, 6.07) is 6.96. The summed E-state index contributed by atoms with van der Waals surface area (Å²) in [5.74, 6) is -0.502. The highest BCUT2D eigenvalue weighted by Gasteiger charge is 2.21. The van der Waals surface area contributed by atoms with Crippen LogP contribution in [0.3, 0.4) is 0 Å². The van der Waals surface area contributed by atoms with Crippen LogP contribution in [0.4, 0.5) is 5.69 Å². The van der Waals surface area contributed by atoms with Gasteiger partial charge in [-0.2, -0.15) is 0 Å². The Morgan fingerprint density at radius 3 is 2.25 bits per heavy atom. The molecule has 0 bridgehead atoms. The Bertz CT molecular complexity index is 451. The maximum atomic E-state index is 12.2. The number of hydrogen-bond acceptors (Lipinski definition) is 2. The largest absolute Gasteiger partial charge is 0.481 e. The first-order valence-corrected chi connectivity index (χ1v) is 7.05. The summed E-state index contributed by atoms with van der Waals surface area (Å²) >= 11 is 0. The van der Waals surface area contributed by atoms with Gasteiger partial charge in [-0.05, 0) is 30.0 Å². The van der Waals surface area contributed by atoms with Gasteiger partial charge in [0.15, 0.2) is 0 Å². The van der Waals surface area contributed by atoms with Gasteiger partial charge in [0.25, 0.3) is 0 Å². The van der Waals surface area contributed by atoms with Gasteiger partial charge in [-0.15, -0.1) is 0 Å². The maximum absolute atomic E-state index is 12.2. The second kappa shape index (κ2) is 7.68. The number of nitrogens with one attached hydrogen (secondary N) is 1. The molecule has 2 N–H and O–H groups in total. The van der Waals surface area contributed by atoms with Crippen molar-refractivity contribution in [2.75, 3.05) is 5.32 Å². The molecule has 1 aromatic rings. The summed E-state index contributed by atoms with van der Waals surface area (Å²) in [6.07, 6.45) is 1.85. The summed E-state index contributed by atoms with van der Waals surface area (Å²) in [5, 5.41) is 11.6. The molecule has 0 spiro atoms. The van der Waals surface area contributed by atoms with Crippen LogP contribution in [-0.4, -0.2) is 17.0 Å². The van der Waals surface area contributed by atoms with E-state index in [1.165, 1.54) is 0 Å². The third kappa shape index (κ3) is 5.03. The monoisotopic (exact) mass is 277 g/mol. The summed E-state index contributed by atoms with van der Waals surface area (Å²) in [7, 11) is 0. The number of rotatable bonds is 7. The Labute approximate surface area is 120 Å². The molecule has 4 nitrogen and oxygen atoms in total. The lowest BCUT2D eigenvalue weighted by Crippen LogP contribution is -2.26. The van der Waals surface area contributed by atoms with Gasteiger partial charge < -0.3 is 10.4 Å². The molecular formula is C16H23NO3. The number of carboxylic acids is 1. The lowest BCUT2D eigenvalue weighted by atomic mass is 9.90. The third-order valence-corrected chi connectivity index (χ3v) is 3.32. The highest BCUT2D eigenvalue weighted by Crippen LogP contribution is 2.20. The molecule has 0 radical (unpaired) electrons. The quantitative estimate of drug-likeness (QED) is 0.803. The predicted octanol–water partition coefficient (Wildman–Crippen LogP) is 3.32. The van der Waals surface area contributed by atoms with Crippen LogP contribution in [0.1, 0.15) is 39.2 Å². The standard InChI is InChI=1S/C16H23NO3/c1-4-5-14(11(2)3)16(20)17-13-8-6-12(7-9-13)10-15(18)19/h6-9,11,14H,4-5,10H2,1-3H3,(H,17,20)(H,18,19). The number of amides is 1. The molecule has 110 valence electrons. The molecule has 0 saturated carbocycles. The van der Waals surface area contributed by atoms with Crippen molar-refractivity contribution >= 4 is 17.6 Å². The third-order valence-electron chi connectivity index (χ3n) is 3.32. The minimum absolute atomic E-state index is 0.00131. The summed E-state index contributed by atoms with van der Waals surface area (Å²) in [5.41, 5.74) is 1.44. The fourth-order valence-electron chi connectivity index (χ4n) is 2.19.